The largest absolute Gasteiger partial charge is 0.758 e. The highest BCUT2D eigenvalue weighted by Gasteiger charge is 2.37. The number of anilines is 3. The van der Waals surface area contributed by atoms with Crippen molar-refractivity contribution in [3.63, 3.8) is 0 Å². The van der Waals surface area contributed by atoms with Crippen molar-refractivity contribution >= 4 is 55.1 Å². The highest BCUT2D eigenvalue weighted by atomic mass is 32.2. The molecule has 408 valence electrons. The van der Waals surface area contributed by atoms with Crippen LogP contribution in [-0.4, -0.2) is 117 Å². The Morgan fingerprint density at radius 1 is 0.948 bits per heavy atom. The molecule has 3 aliphatic rings. The molecule has 2 aliphatic heterocycles. The molecule has 10 rings (SSSR count). The normalized spacial score (nSPS) is 19.7. The molecule has 0 bridgehead atoms. The number of hydroxylamine groups is 1. The first-order valence-corrected chi connectivity index (χ1v) is 28.4. The van der Waals surface area contributed by atoms with Crippen molar-refractivity contribution in [3.8, 4) is 23.1 Å². The molecule has 3 fully saturated rings. The first-order chi connectivity index (χ1) is 37.2. The van der Waals surface area contributed by atoms with Gasteiger partial charge in [-0.3, -0.25) is 14.6 Å². The summed E-state index contributed by atoms with van der Waals surface area (Å²) >= 11 is 0. The van der Waals surface area contributed by atoms with E-state index in [1.807, 2.05) is 12.1 Å². The van der Waals surface area contributed by atoms with Gasteiger partial charge < -0.3 is 44.7 Å². The number of methoxy groups -OCH3 is 1. The zero-order valence-corrected chi connectivity index (χ0v) is 45.6. The number of ether oxygens (including phenoxy) is 3. The summed E-state index contributed by atoms with van der Waals surface area (Å²) < 4.78 is 64.2. The van der Waals surface area contributed by atoms with Crippen molar-refractivity contribution in [1.29, 1.82) is 0 Å². The average Bonchev–Trinajstić information content (AvgIpc) is 4.08. The smallest absolute Gasteiger partial charge is 0.268 e. The number of likely N-dealkylation sites (tertiary alicyclic amines) is 1. The lowest BCUT2D eigenvalue weighted by atomic mass is 9.80. The zero-order chi connectivity index (χ0) is 54.0. The number of hydrogen-bond acceptors (Lipinski definition) is 14. The molecule has 19 heteroatoms. The summed E-state index contributed by atoms with van der Waals surface area (Å²) in [5.74, 6) is 1.05. The number of pyridine rings is 1. The maximum atomic E-state index is 15.1. The third-order valence-corrected chi connectivity index (χ3v) is 17.2. The molecular formula is C58H70FN10O7S-. The summed E-state index contributed by atoms with van der Waals surface area (Å²) in [6.45, 7) is 15.0. The van der Waals surface area contributed by atoms with Crippen LogP contribution in [0.2, 0.25) is 0 Å². The second kappa shape index (κ2) is 23.0. The van der Waals surface area contributed by atoms with E-state index in [2.05, 4.69) is 102 Å². The highest BCUT2D eigenvalue weighted by molar-refractivity contribution is 7.90. The third-order valence-electron chi connectivity index (χ3n) is 15.9. The minimum Gasteiger partial charge on any atom is -0.758 e. The number of sulfonamides is 1. The van der Waals surface area contributed by atoms with Gasteiger partial charge in [0.15, 0.2) is 5.75 Å². The third kappa shape index (κ3) is 11.5. The van der Waals surface area contributed by atoms with Gasteiger partial charge in [-0.25, -0.2) is 22.5 Å². The monoisotopic (exact) mass is 1070 g/mol. The summed E-state index contributed by atoms with van der Waals surface area (Å²) in [4.78, 5) is 36.4. The number of hydrogen-bond donors (Lipinski definition) is 4. The number of piperidine rings is 1. The number of rotatable bonds is 18. The SMILES string of the molecule is CCOc1nc2[nH]cc(F)c2cc1Oc1cc(N2CCN(C3CCN(Cc4ccc(OC)cc4)CC3c3ccccc3C(C)C)CC2)ccc1C(=O)NS(=O)(=O)c1cc(N(C)[O-])c(NCC2CCC(C)CC2)c2[nH]cnc12. The van der Waals surface area contributed by atoms with Crippen LogP contribution in [0.4, 0.5) is 21.5 Å². The predicted molar refractivity (Wildman–Crippen MR) is 300 cm³/mol. The average molecular weight is 1070 g/mol. The van der Waals surface area contributed by atoms with Gasteiger partial charge in [-0.2, -0.15) is 4.98 Å². The van der Waals surface area contributed by atoms with E-state index >= 15 is 4.39 Å². The number of halogens is 1. The standard InChI is InChI=1S/C58H70FN10O7S/c1-7-75-58-51(29-45-47(59)32-61-56(45)64-58)76-50-28-40(18-21-44(50)57(70)65-77(72,73)52-30-49(66(5)71)53(55-54(52)62-35-63-55)60-31-38-14-12-37(4)13-15-38)68-24-26-69(27-25-68)48-22-23-67(33-39-16-19-41(74-6)20-17-39)34-46(48)43-11-9-8-10-42(43)36(2)3/h8-11,16-21,28-30,32,35-38,46,48,60H,7,12-15,22-27,31,33-34H2,1-6H3,(H,61,64)(H,62,63)(H,65,70)/q-1. The number of benzene rings is 4. The fraction of sp³-hybridized carbons (Fsp3) is 0.431. The van der Waals surface area contributed by atoms with Crippen LogP contribution in [0.25, 0.3) is 22.1 Å². The number of aromatic amines is 2. The number of carbonyl (C=O) groups is 1. The van der Waals surface area contributed by atoms with Crippen molar-refractivity contribution in [1.82, 2.24) is 34.5 Å². The molecule has 3 aromatic heterocycles. The fourth-order valence-electron chi connectivity index (χ4n) is 11.7. The lowest BCUT2D eigenvalue weighted by Gasteiger charge is -2.48. The molecule has 17 nitrogen and oxygen atoms in total. The van der Waals surface area contributed by atoms with E-state index < -0.39 is 21.7 Å². The topological polar surface area (TPSA) is 196 Å². The molecule has 0 radical (unpaired) electrons. The van der Waals surface area contributed by atoms with E-state index in [9.17, 15) is 18.4 Å². The van der Waals surface area contributed by atoms with Gasteiger partial charge in [-0.05, 0) is 98.0 Å². The van der Waals surface area contributed by atoms with Crippen LogP contribution in [0, 0.1) is 22.9 Å². The second-order valence-electron chi connectivity index (χ2n) is 21.2. The summed E-state index contributed by atoms with van der Waals surface area (Å²) in [7, 11) is -1.71. The lowest BCUT2D eigenvalue weighted by Crippen LogP contribution is -2.56. The van der Waals surface area contributed by atoms with Gasteiger partial charge in [0.05, 0.1) is 47.9 Å². The zero-order valence-electron chi connectivity index (χ0n) is 44.8. The second-order valence-corrected chi connectivity index (χ2v) is 22.9. The number of carbonyl (C=O) groups excluding carboxylic acids is 1. The maximum absolute atomic E-state index is 15.1. The number of H-pyrrole nitrogens is 2. The van der Waals surface area contributed by atoms with Gasteiger partial charge in [0.2, 0.25) is 0 Å². The van der Waals surface area contributed by atoms with Crippen LogP contribution in [0.5, 0.6) is 23.1 Å². The Morgan fingerprint density at radius 3 is 2.44 bits per heavy atom. The Kier molecular flexibility index (Phi) is 15.9. The molecule has 5 heterocycles. The van der Waals surface area contributed by atoms with Gasteiger partial charge in [0.1, 0.15) is 33.4 Å². The Hall–Kier alpha value is -6.93. The summed E-state index contributed by atoms with van der Waals surface area (Å²) in [5, 5.41) is 17.3. The van der Waals surface area contributed by atoms with Crippen LogP contribution in [0.3, 0.4) is 0 Å². The van der Waals surface area contributed by atoms with Crippen molar-refractivity contribution in [2.24, 2.45) is 11.8 Å². The van der Waals surface area contributed by atoms with Gasteiger partial charge in [-0.15, -0.1) is 0 Å². The van der Waals surface area contributed by atoms with Crippen molar-refractivity contribution in [2.75, 3.05) is 81.9 Å². The van der Waals surface area contributed by atoms with E-state index in [1.54, 1.807) is 26.2 Å². The molecule has 7 aromatic rings. The van der Waals surface area contributed by atoms with E-state index in [0.717, 1.165) is 76.3 Å². The van der Waals surface area contributed by atoms with Gasteiger partial charge in [0.25, 0.3) is 21.8 Å². The van der Waals surface area contributed by atoms with Crippen molar-refractivity contribution in [3.05, 3.63) is 125 Å². The summed E-state index contributed by atoms with van der Waals surface area (Å²) in [5.41, 5.74) is 5.76. The number of nitrogens with zero attached hydrogens (tertiary/aromatic N) is 6. The van der Waals surface area contributed by atoms with E-state index in [-0.39, 0.29) is 62.6 Å². The number of aromatic nitrogens is 4. The van der Waals surface area contributed by atoms with Crippen molar-refractivity contribution < 1.29 is 31.8 Å². The van der Waals surface area contributed by atoms with Crippen LogP contribution >= 0.6 is 0 Å². The maximum Gasteiger partial charge on any atom is 0.268 e. The number of fused-ring (bicyclic) bond motifs is 2. The number of amides is 1. The molecule has 1 aliphatic carbocycles. The number of nitrogens with one attached hydrogen (secondary N) is 4. The molecule has 2 unspecified atom stereocenters. The molecule has 77 heavy (non-hydrogen) atoms. The Labute approximate surface area is 450 Å². The van der Waals surface area contributed by atoms with Gasteiger partial charge in [-0.1, -0.05) is 70.0 Å². The van der Waals surface area contributed by atoms with E-state index in [1.165, 1.54) is 54.5 Å². The predicted octanol–water partition coefficient (Wildman–Crippen LogP) is 10.4. The van der Waals surface area contributed by atoms with Gasteiger partial charge >= 0.3 is 0 Å². The van der Waals surface area contributed by atoms with Crippen LogP contribution < -0.4 is 34.2 Å². The first-order valence-electron chi connectivity index (χ1n) is 26.9. The van der Waals surface area contributed by atoms with Gasteiger partial charge in [0, 0.05) is 88.3 Å². The van der Waals surface area contributed by atoms with E-state index in [0.29, 0.717) is 59.7 Å². The summed E-state index contributed by atoms with van der Waals surface area (Å²) in [6, 6.07) is 25.2. The van der Waals surface area contributed by atoms with Crippen LogP contribution in [0.1, 0.15) is 98.7 Å². The summed E-state index contributed by atoms with van der Waals surface area (Å²) in [6.07, 6.45) is 7.90. The first kappa shape index (κ1) is 53.5. The minimum atomic E-state index is -4.70. The minimum absolute atomic E-state index is 0.00758. The molecular weight excluding hydrogens is 1000 g/mol. The molecule has 4 aromatic carbocycles. The molecule has 2 saturated heterocycles. The Balaban J connectivity index is 0.927. The Bertz CT molecular complexity index is 3310. The lowest BCUT2D eigenvalue weighted by molar-refractivity contribution is 0.0792. The number of imidazole rings is 1. The highest BCUT2D eigenvalue weighted by Crippen LogP contribution is 2.41. The quantitative estimate of drug-likeness (QED) is 0.0593. The fourth-order valence-corrected chi connectivity index (χ4v) is 12.8. The molecule has 0 spiro atoms. The molecule has 1 amide bonds. The number of piperazine rings is 1. The van der Waals surface area contributed by atoms with E-state index in [4.69, 9.17) is 14.2 Å². The molecule has 2 atom stereocenters. The van der Waals surface area contributed by atoms with Crippen LogP contribution in [-0.2, 0) is 16.6 Å². The molecule has 4 N–H and O–H groups in total. The van der Waals surface area contributed by atoms with Crippen LogP contribution in [0.15, 0.2) is 96.3 Å². The Morgan fingerprint density at radius 2 is 1.71 bits per heavy atom. The van der Waals surface area contributed by atoms with Crippen molar-refractivity contribution in [2.45, 2.75) is 89.1 Å². The molecule has 1 saturated carbocycles.